The fraction of sp³-hybridized carbons (Fsp3) is 1.00. The summed E-state index contributed by atoms with van der Waals surface area (Å²) in [5, 5.41) is 0. The first-order valence-electron chi connectivity index (χ1n) is 5.64. The zero-order valence-electron chi connectivity index (χ0n) is 8.34. The first kappa shape index (κ1) is 9.47. The van der Waals surface area contributed by atoms with Gasteiger partial charge in [0.2, 0.25) is 0 Å². The van der Waals surface area contributed by atoms with Crippen molar-refractivity contribution < 1.29 is 9.47 Å². The van der Waals surface area contributed by atoms with E-state index >= 15 is 0 Å². The molecule has 2 rings (SSSR count). The summed E-state index contributed by atoms with van der Waals surface area (Å²) in [6, 6.07) is 0. The Hall–Kier alpha value is -0.0800. The first-order valence-corrected chi connectivity index (χ1v) is 5.64. The van der Waals surface area contributed by atoms with Gasteiger partial charge in [0.15, 0.2) is 0 Å². The molecule has 1 aliphatic carbocycles. The van der Waals surface area contributed by atoms with Gasteiger partial charge in [0, 0.05) is 6.61 Å². The molecule has 0 aromatic heterocycles. The smallest absolute Gasteiger partial charge is 0.104 e. The van der Waals surface area contributed by atoms with Crippen molar-refractivity contribution in [2.24, 2.45) is 5.92 Å². The number of hydrogen-bond acceptors (Lipinski definition) is 2. The Balaban J connectivity index is 1.46. The second-order valence-electron chi connectivity index (χ2n) is 4.32. The van der Waals surface area contributed by atoms with Gasteiger partial charge in [-0.3, -0.25) is 0 Å². The predicted molar refractivity (Wildman–Crippen MR) is 51.8 cm³/mol. The number of rotatable bonds is 5. The normalized spacial score (nSPS) is 29.1. The van der Waals surface area contributed by atoms with E-state index in [1.807, 2.05) is 0 Å². The molecule has 2 nitrogen and oxygen atoms in total. The Morgan fingerprint density at radius 2 is 1.92 bits per heavy atom. The van der Waals surface area contributed by atoms with Crippen LogP contribution in [-0.2, 0) is 9.47 Å². The molecule has 1 saturated carbocycles. The maximum absolute atomic E-state index is 5.54. The Kier molecular flexibility index (Phi) is 3.62. The highest BCUT2D eigenvalue weighted by Crippen LogP contribution is 2.26. The highest BCUT2D eigenvalue weighted by atomic mass is 16.6. The Labute approximate surface area is 80.6 Å². The molecule has 1 aliphatic heterocycles. The van der Waals surface area contributed by atoms with Crippen molar-refractivity contribution in [2.75, 3.05) is 19.8 Å². The van der Waals surface area contributed by atoms with Gasteiger partial charge in [-0.2, -0.15) is 0 Å². The molecule has 13 heavy (non-hydrogen) atoms. The highest BCUT2D eigenvalue weighted by molar-refractivity contribution is 4.68. The van der Waals surface area contributed by atoms with E-state index in [1.54, 1.807) is 0 Å². The summed E-state index contributed by atoms with van der Waals surface area (Å²) in [6.07, 6.45) is 8.91. The van der Waals surface area contributed by atoms with Gasteiger partial charge >= 0.3 is 0 Å². The van der Waals surface area contributed by atoms with Gasteiger partial charge in [0.1, 0.15) is 6.10 Å². The van der Waals surface area contributed by atoms with E-state index in [1.165, 1.54) is 38.5 Å². The highest BCUT2D eigenvalue weighted by Gasteiger charge is 2.22. The van der Waals surface area contributed by atoms with Gasteiger partial charge in [-0.1, -0.05) is 32.1 Å². The van der Waals surface area contributed by atoms with Crippen LogP contribution in [0.2, 0.25) is 0 Å². The van der Waals surface area contributed by atoms with E-state index in [0.29, 0.717) is 6.10 Å². The molecule has 1 saturated heterocycles. The molecule has 2 fully saturated rings. The van der Waals surface area contributed by atoms with Crippen molar-refractivity contribution in [3.05, 3.63) is 0 Å². The summed E-state index contributed by atoms with van der Waals surface area (Å²) >= 11 is 0. The second-order valence-corrected chi connectivity index (χ2v) is 4.32. The van der Waals surface area contributed by atoms with Gasteiger partial charge in [-0.05, 0) is 12.3 Å². The third kappa shape index (κ3) is 3.65. The van der Waals surface area contributed by atoms with Gasteiger partial charge in [0.05, 0.1) is 13.2 Å². The molecule has 2 aliphatic rings. The van der Waals surface area contributed by atoms with Crippen LogP contribution in [0, 0.1) is 5.92 Å². The maximum Gasteiger partial charge on any atom is 0.104 e. The standard InChI is InChI=1S/C11H20O2/c1-2-4-10(5-3-1)6-7-12-8-11-9-13-11/h10-11H,1-9H2/t11-/m0/s1. The van der Waals surface area contributed by atoms with Crippen LogP contribution < -0.4 is 0 Å². The largest absolute Gasteiger partial charge is 0.379 e. The molecule has 0 amide bonds. The lowest BCUT2D eigenvalue weighted by molar-refractivity contribution is 0.0993. The fourth-order valence-electron chi connectivity index (χ4n) is 2.10. The van der Waals surface area contributed by atoms with Gasteiger partial charge in [0.25, 0.3) is 0 Å². The second kappa shape index (κ2) is 4.97. The Morgan fingerprint density at radius 3 is 2.62 bits per heavy atom. The molecule has 0 aromatic carbocycles. The summed E-state index contributed by atoms with van der Waals surface area (Å²) in [5.41, 5.74) is 0. The molecule has 0 N–H and O–H groups in total. The number of ether oxygens (including phenoxy) is 2. The van der Waals surface area contributed by atoms with Crippen LogP contribution in [0.25, 0.3) is 0 Å². The Morgan fingerprint density at radius 1 is 1.15 bits per heavy atom. The molecule has 76 valence electrons. The van der Waals surface area contributed by atoms with Crippen molar-refractivity contribution >= 4 is 0 Å². The molecular weight excluding hydrogens is 164 g/mol. The zero-order chi connectivity index (χ0) is 8.93. The van der Waals surface area contributed by atoms with Crippen LogP contribution in [0.4, 0.5) is 0 Å². The van der Waals surface area contributed by atoms with E-state index in [9.17, 15) is 0 Å². The van der Waals surface area contributed by atoms with Crippen molar-refractivity contribution in [3.8, 4) is 0 Å². The van der Waals surface area contributed by atoms with Crippen LogP contribution in [0.1, 0.15) is 38.5 Å². The van der Waals surface area contributed by atoms with Crippen LogP contribution in [0.3, 0.4) is 0 Å². The Bertz CT molecular complexity index is 137. The number of hydrogen-bond donors (Lipinski definition) is 0. The molecule has 1 atom stereocenters. The van der Waals surface area contributed by atoms with Crippen molar-refractivity contribution in [2.45, 2.75) is 44.6 Å². The van der Waals surface area contributed by atoms with Crippen molar-refractivity contribution in [1.29, 1.82) is 0 Å². The molecule has 1 heterocycles. The molecule has 0 radical (unpaired) electrons. The first-order chi connectivity index (χ1) is 6.45. The summed E-state index contributed by atoms with van der Waals surface area (Å²) in [6.45, 7) is 2.70. The van der Waals surface area contributed by atoms with Crippen LogP contribution >= 0.6 is 0 Å². The number of epoxide rings is 1. The minimum absolute atomic E-state index is 0.436. The van der Waals surface area contributed by atoms with Crippen LogP contribution in [-0.4, -0.2) is 25.9 Å². The lowest BCUT2D eigenvalue weighted by Gasteiger charge is -2.21. The molecule has 0 unspecified atom stereocenters. The lowest BCUT2D eigenvalue weighted by Crippen LogP contribution is -2.11. The van der Waals surface area contributed by atoms with E-state index in [4.69, 9.17) is 9.47 Å². The van der Waals surface area contributed by atoms with Crippen LogP contribution in [0.5, 0.6) is 0 Å². The average molecular weight is 184 g/mol. The molecule has 2 heteroatoms. The zero-order valence-corrected chi connectivity index (χ0v) is 8.34. The van der Waals surface area contributed by atoms with Crippen molar-refractivity contribution in [1.82, 2.24) is 0 Å². The van der Waals surface area contributed by atoms with E-state index in [2.05, 4.69) is 0 Å². The van der Waals surface area contributed by atoms with E-state index < -0.39 is 0 Å². The molecule has 0 spiro atoms. The predicted octanol–water partition coefficient (Wildman–Crippen LogP) is 2.37. The maximum atomic E-state index is 5.54. The van der Waals surface area contributed by atoms with Crippen molar-refractivity contribution in [3.63, 3.8) is 0 Å². The summed E-state index contributed by atoms with van der Waals surface area (Å²) in [4.78, 5) is 0. The van der Waals surface area contributed by atoms with E-state index in [-0.39, 0.29) is 0 Å². The van der Waals surface area contributed by atoms with Crippen LogP contribution in [0.15, 0.2) is 0 Å². The van der Waals surface area contributed by atoms with E-state index in [0.717, 1.165) is 25.7 Å². The molecule has 0 bridgehead atoms. The molecular formula is C11H20O2. The SMILES string of the molecule is C1CCC(CCOC[C@H]2CO2)CC1. The summed E-state index contributed by atoms with van der Waals surface area (Å²) in [7, 11) is 0. The fourth-order valence-corrected chi connectivity index (χ4v) is 2.10. The average Bonchev–Trinajstić information content (AvgIpc) is 2.98. The lowest BCUT2D eigenvalue weighted by atomic mass is 9.87. The topological polar surface area (TPSA) is 21.8 Å². The molecule has 0 aromatic rings. The summed E-state index contributed by atoms with van der Waals surface area (Å²) < 4.78 is 10.6. The third-order valence-electron chi connectivity index (χ3n) is 3.10. The van der Waals surface area contributed by atoms with Gasteiger partial charge in [-0.15, -0.1) is 0 Å². The third-order valence-corrected chi connectivity index (χ3v) is 3.10. The van der Waals surface area contributed by atoms with Gasteiger partial charge < -0.3 is 9.47 Å². The minimum Gasteiger partial charge on any atom is -0.379 e. The van der Waals surface area contributed by atoms with Gasteiger partial charge in [-0.25, -0.2) is 0 Å². The monoisotopic (exact) mass is 184 g/mol. The minimum atomic E-state index is 0.436. The summed E-state index contributed by atoms with van der Waals surface area (Å²) in [5.74, 6) is 0.953. The quantitative estimate of drug-likeness (QED) is 0.483.